The number of aryl methyl sites for hydroxylation is 1. The van der Waals surface area contributed by atoms with Crippen LogP contribution in [-0.2, 0) is 14.9 Å². The number of hydrogen-bond donors (Lipinski definition) is 2. The summed E-state index contributed by atoms with van der Waals surface area (Å²) in [5, 5.41) is 2.74. The summed E-state index contributed by atoms with van der Waals surface area (Å²) in [4.78, 5) is 12.4. The van der Waals surface area contributed by atoms with Crippen LogP contribution in [0.5, 0.6) is 23.0 Å². The van der Waals surface area contributed by atoms with Gasteiger partial charge in [0.1, 0.15) is 27.9 Å². The summed E-state index contributed by atoms with van der Waals surface area (Å²) >= 11 is 0. The van der Waals surface area contributed by atoms with Gasteiger partial charge in [-0.05, 0) is 43.3 Å². The molecule has 0 bridgehead atoms. The van der Waals surface area contributed by atoms with Gasteiger partial charge < -0.3 is 24.3 Å². The molecular formula is C26H27NO8S. The maximum Gasteiger partial charge on any atom is 0.295 e. The molecule has 36 heavy (non-hydrogen) atoms. The van der Waals surface area contributed by atoms with Crippen molar-refractivity contribution in [1.29, 1.82) is 0 Å². The number of carbonyl (C=O) groups is 1. The summed E-state index contributed by atoms with van der Waals surface area (Å²) in [5.41, 5.74) is 2.34. The Kier molecular flexibility index (Phi) is 8.23. The molecule has 9 nitrogen and oxygen atoms in total. The fourth-order valence-corrected chi connectivity index (χ4v) is 4.30. The molecule has 10 heteroatoms. The number of benzene rings is 3. The zero-order valence-corrected chi connectivity index (χ0v) is 21.3. The lowest BCUT2D eigenvalue weighted by Gasteiger charge is -2.14. The number of rotatable bonds is 9. The Labute approximate surface area is 210 Å². The van der Waals surface area contributed by atoms with Crippen LogP contribution in [-0.4, -0.2) is 47.3 Å². The lowest BCUT2D eigenvalue weighted by molar-refractivity contribution is -0.111. The van der Waals surface area contributed by atoms with E-state index in [4.69, 9.17) is 18.9 Å². The monoisotopic (exact) mass is 513 g/mol. The average molecular weight is 514 g/mol. The first kappa shape index (κ1) is 26.6. The maximum atomic E-state index is 12.7. The number of anilines is 1. The molecule has 0 atom stereocenters. The molecule has 0 unspecified atom stereocenters. The van der Waals surface area contributed by atoms with Gasteiger partial charge in [0.15, 0.2) is 0 Å². The minimum Gasteiger partial charge on any atom is -0.496 e. The molecule has 0 aromatic heterocycles. The van der Waals surface area contributed by atoms with E-state index in [0.717, 1.165) is 5.56 Å². The molecule has 0 radical (unpaired) electrons. The first-order valence-corrected chi connectivity index (χ1v) is 12.1. The Morgan fingerprint density at radius 1 is 0.833 bits per heavy atom. The molecule has 3 rings (SSSR count). The van der Waals surface area contributed by atoms with Crippen molar-refractivity contribution in [3.8, 4) is 34.1 Å². The Hall–Kier alpha value is -4.02. The number of nitrogens with one attached hydrogen (secondary N) is 1. The molecule has 0 aliphatic heterocycles. The van der Waals surface area contributed by atoms with Crippen molar-refractivity contribution >= 4 is 27.8 Å². The van der Waals surface area contributed by atoms with Crippen LogP contribution in [0.15, 0.2) is 59.5 Å². The molecule has 190 valence electrons. The molecule has 2 N–H and O–H groups in total. The molecular weight excluding hydrogens is 486 g/mol. The molecule has 0 fully saturated rings. The highest BCUT2D eigenvalue weighted by Crippen LogP contribution is 2.37. The average Bonchev–Trinajstić information content (AvgIpc) is 2.85. The molecule has 0 aliphatic carbocycles. The Morgan fingerprint density at radius 2 is 1.47 bits per heavy atom. The fraction of sp³-hybridized carbons (Fsp3) is 0.192. The summed E-state index contributed by atoms with van der Waals surface area (Å²) in [6.45, 7) is 1.79. The maximum absolute atomic E-state index is 12.7. The molecule has 1 amide bonds. The molecule has 0 saturated heterocycles. The molecule has 0 saturated carbocycles. The van der Waals surface area contributed by atoms with Gasteiger partial charge in [0.05, 0.1) is 34.0 Å². The topological polar surface area (TPSA) is 120 Å². The zero-order valence-electron chi connectivity index (χ0n) is 20.5. The number of hydrogen-bond acceptors (Lipinski definition) is 7. The zero-order chi connectivity index (χ0) is 26.5. The minimum absolute atomic E-state index is 0.244. The van der Waals surface area contributed by atoms with Gasteiger partial charge in [-0.25, -0.2) is 0 Å². The Morgan fingerprint density at radius 3 is 2.03 bits per heavy atom. The standard InChI is InChI=1S/C26H27NO8S/c1-16-6-10-25(36(29,30)31)21(12-16)20-13-17(7-9-22(20)33-3)27-26(28)11-8-19-23(34-4)14-18(32-2)15-24(19)35-5/h6-15H,1-5H3,(H,27,28)(H,29,30,31)/b11-8+. The van der Waals surface area contributed by atoms with Gasteiger partial charge >= 0.3 is 0 Å². The third-order valence-electron chi connectivity index (χ3n) is 5.32. The van der Waals surface area contributed by atoms with Crippen molar-refractivity contribution in [3.63, 3.8) is 0 Å². The van der Waals surface area contributed by atoms with E-state index in [1.54, 1.807) is 55.5 Å². The Bertz CT molecular complexity index is 1390. The molecule has 3 aromatic rings. The van der Waals surface area contributed by atoms with Crippen molar-refractivity contribution in [2.75, 3.05) is 33.8 Å². The SMILES string of the molecule is COc1cc(OC)c(/C=C/C(=O)Nc2ccc(OC)c(-c3cc(C)ccc3S(=O)(=O)O)c2)c(OC)c1. The van der Waals surface area contributed by atoms with Crippen LogP contribution in [0.3, 0.4) is 0 Å². The highest BCUT2D eigenvalue weighted by molar-refractivity contribution is 7.86. The highest BCUT2D eigenvalue weighted by Gasteiger charge is 2.20. The van der Waals surface area contributed by atoms with Crippen molar-refractivity contribution in [2.24, 2.45) is 0 Å². The van der Waals surface area contributed by atoms with Gasteiger partial charge in [0.25, 0.3) is 10.1 Å². The van der Waals surface area contributed by atoms with Crippen LogP contribution in [0.25, 0.3) is 17.2 Å². The van der Waals surface area contributed by atoms with E-state index >= 15 is 0 Å². The summed E-state index contributed by atoms with van der Waals surface area (Å²) in [6.07, 6.45) is 2.86. The summed E-state index contributed by atoms with van der Waals surface area (Å²) < 4.78 is 55.1. The van der Waals surface area contributed by atoms with E-state index < -0.39 is 16.0 Å². The van der Waals surface area contributed by atoms with E-state index in [-0.39, 0.29) is 10.5 Å². The van der Waals surface area contributed by atoms with Gasteiger partial charge in [-0.15, -0.1) is 0 Å². The Balaban J connectivity index is 1.96. The van der Waals surface area contributed by atoms with E-state index in [0.29, 0.717) is 39.8 Å². The van der Waals surface area contributed by atoms with E-state index in [1.165, 1.54) is 40.6 Å². The lowest BCUT2D eigenvalue weighted by atomic mass is 10.0. The van der Waals surface area contributed by atoms with Gasteiger partial charge in [-0.3, -0.25) is 9.35 Å². The predicted octanol–water partition coefficient (Wildman–Crippen LogP) is 4.60. The second-order valence-electron chi connectivity index (χ2n) is 7.66. The van der Waals surface area contributed by atoms with Gasteiger partial charge in [-0.1, -0.05) is 11.6 Å². The van der Waals surface area contributed by atoms with E-state index in [9.17, 15) is 17.8 Å². The smallest absolute Gasteiger partial charge is 0.295 e. The quantitative estimate of drug-likeness (QED) is 0.315. The van der Waals surface area contributed by atoms with Crippen LogP contribution >= 0.6 is 0 Å². The van der Waals surface area contributed by atoms with Crippen molar-refractivity contribution in [1.82, 2.24) is 0 Å². The molecule has 0 heterocycles. The van der Waals surface area contributed by atoms with Crippen LogP contribution in [0.1, 0.15) is 11.1 Å². The van der Waals surface area contributed by atoms with Crippen LogP contribution in [0.4, 0.5) is 5.69 Å². The van der Waals surface area contributed by atoms with Crippen molar-refractivity contribution in [3.05, 3.63) is 65.7 Å². The van der Waals surface area contributed by atoms with Gasteiger partial charge in [0.2, 0.25) is 5.91 Å². The van der Waals surface area contributed by atoms with Gasteiger partial charge in [-0.2, -0.15) is 8.42 Å². The fourth-order valence-electron chi connectivity index (χ4n) is 3.62. The summed E-state index contributed by atoms with van der Waals surface area (Å²) in [6, 6.07) is 12.7. The molecule has 0 aliphatic rings. The van der Waals surface area contributed by atoms with Crippen molar-refractivity contribution in [2.45, 2.75) is 11.8 Å². The third-order valence-corrected chi connectivity index (χ3v) is 6.24. The first-order chi connectivity index (χ1) is 17.1. The van der Waals surface area contributed by atoms with Crippen molar-refractivity contribution < 1.29 is 36.7 Å². The van der Waals surface area contributed by atoms with Crippen LogP contribution < -0.4 is 24.3 Å². The largest absolute Gasteiger partial charge is 0.496 e. The second kappa shape index (κ2) is 11.1. The first-order valence-electron chi connectivity index (χ1n) is 10.7. The lowest BCUT2D eigenvalue weighted by Crippen LogP contribution is -2.08. The highest BCUT2D eigenvalue weighted by atomic mass is 32.2. The van der Waals surface area contributed by atoms with E-state index in [2.05, 4.69) is 5.32 Å². The van der Waals surface area contributed by atoms with Crippen LogP contribution in [0, 0.1) is 6.92 Å². The minimum atomic E-state index is -4.50. The predicted molar refractivity (Wildman–Crippen MR) is 137 cm³/mol. The normalized spacial score (nSPS) is 11.3. The third kappa shape index (κ3) is 5.96. The summed E-state index contributed by atoms with van der Waals surface area (Å²) in [7, 11) is 1.46. The molecule has 3 aromatic carbocycles. The number of carbonyl (C=O) groups excluding carboxylic acids is 1. The summed E-state index contributed by atoms with van der Waals surface area (Å²) in [5.74, 6) is 1.37. The van der Waals surface area contributed by atoms with Crippen LogP contribution in [0.2, 0.25) is 0 Å². The number of amides is 1. The second-order valence-corrected chi connectivity index (χ2v) is 9.05. The number of ether oxygens (including phenoxy) is 4. The number of methoxy groups -OCH3 is 4. The molecule has 0 spiro atoms. The van der Waals surface area contributed by atoms with Gasteiger partial charge in [0, 0.05) is 35.0 Å². The van der Waals surface area contributed by atoms with E-state index in [1.807, 2.05) is 0 Å².